The van der Waals surface area contributed by atoms with Crippen LogP contribution in [-0.4, -0.2) is 5.91 Å². The highest BCUT2D eigenvalue weighted by molar-refractivity contribution is 6.05. The van der Waals surface area contributed by atoms with Crippen LogP contribution in [0.4, 0.5) is 5.69 Å². The molecule has 0 saturated carbocycles. The Morgan fingerprint density at radius 1 is 1.10 bits per heavy atom. The summed E-state index contributed by atoms with van der Waals surface area (Å²) in [5, 5.41) is 2.99. The average Bonchev–Trinajstić information content (AvgIpc) is 2.47. The van der Waals surface area contributed by atoms with Crippen molar-refractivity contribution >= 4 is 11.6 Å². The van der Waals surface area contributed by atoms with Crippen LogP contribution in [0.3, 0.4) is 0 Å². The molecule has 3 N–H and O–H groups in total. The molecular weight excluding hydrogens is 248 g/mol. The zero-order valence-electron chi connectivity index (χ0n) is 11.9. The third kappa shape index (κ3) is 3.06. The molecule has 1 amide bonds. The van der Waals surface area contributed by atoms with Crippen LogP contribution in [-0.2, 0) is 6.54 Å². The molecule has 0 aliphatic heterocycles. The Balaban J connectivity index is 2.28. The predicted octanol–water partition coefficient (Wildman–Crippen LogP) is 3.52. The van der Waals surface area contributed by atoms with Gasteiger partial charge in [0.25, 0.3) is 5.91 Å². The molecule has 104 valence electrons. The van der Waals surface area contributed by atoms with Crippen molar-refractivity contribution in [3.8, 4) is 0 Å². The van der Waals surface area contributed by atoms with Crippen molar-refractivity contribution in [2.75, 3.05) is 5.32 Å². The molecule has 2 aromatic rings. The number of nitrogens with one attached hydrogen (secondary N) is 1. The molecule has 0 fully saturated rings. The predicted molar refractivity (Wildman–Crippen MR) is 82.8 cm³/mol. The summed E-state index contributed by atoms with van der Waals surface area (Å²) in [7, 11) is 0. The number of amides is 1. The molecule has 2 rings (SSSR count). The number of benzene rings is 2. The lowest BCUT2D eigenvalue weighted by molar-refractivity contribution is 0.102. The van der Waals surface area contributed by atoms with E-state index in [4.69, 9.17) is 5.73 Å². The topological polar surface area (TPSA) is 55.1 Å². The molecule has 0 aliphatic rings. The van der Waals surface area contributed by atoms with E-state index >= 15 is 0 Å². The molecule has 0 aromatic heterocycles. The normalized spacial score (nSPS) is 10.6. The van der Waals surface area contributed by atoms with Crippen molar-refractivity contribution in [1.82, 2.24) is 0 Å². The van der Waals surface area contributed by atoms with Gasteiger partial charge in [0.2, 0.25) is 0 Å². The van der Waals surface area contributed by atoms with E-state index in [1.165, 1.54) is 0 Å². The van der Waals surface area contributed by atoms with Crippen LogP contribution in [0.15, 0.2) is 48.5 Å². The van der Waals surface area contributed by atoms with E-state index in [1.807, 2.05) is 42.5 Å². The van der Waals surface area contributed by atoms with Gasteiger partial charge in [-0.1, -0.05) is 50.2 Å². The Morgan fingerprint density at radius 2 is 1.75 bits per heavy atom. The van der Waals surface area contributed by atoms with Gasteiger partial charge in [-0.2, -0.15) is 0 Å². The fourth-order valence-corrected chi connectivity index (χ4v) is 2.22. The van der Waals surface area contributed by atoms with Crippen LogP contribution in [0.2, 0.25) is 0 Å². The zero-order valence-corrected chi connectivity index (χ0v) is 11.9. The number of rotatable bonds is 4. The molecule has 0 radical (unpaired) electrons. The second-order valence-corrected chi connectivity index (χ2v) is 5.06. The summed E-state index contributed by atoms with van der Waals surface area (Å²) >= 11 is 0. The largest absolute Gasteiger partial charge is 0.326 e. The molecule has 0 spiro atoms. The van der Waals surface area contributed by atoms with Gasteiger partial charge in [0.1, 0.15) is 0 Å². The van der Waals surface area contributed by atoms with Gasteiger partial charge in [0.15, 0.2) is 0 Å². The number of nitrogens with two attached hydrogens (primary N) is 1. The van der Waals surface area contributed by atoms with E-state index in [-0.39, 0.29) is 5.91 Å². The first kappa shape index (κ1) is 14.3. The molecule has 20 heavy (non-hydrogen) atoms. The monoisotopic (exact) mass is 268 g/mol. The molecule has 3 heteroatoms. The van der Waals surface area contributed by atoms with Crippen molar-refractivity contribution in [3.63, 3.8) is 0 Å². The number of para-hydroxylation sites is 1. The lowest BCUT2D eigenvalue weighted by Crippen LogP contribution is -2.16. The first-order valence-corrected chi connectivity index (χ1v) is 6.81. The van der Waals surface area contributed by atoms with E-state index in [0.717, 1.165) is 16.8 Å². The Bertz CT molecular complexity index is 605. The molecular formula is C17H20N2O. The summed E-state index contributed by atoms with van der Waals surface area (Å²) in [5.41, 5.74) is 9.16. The molecule has 0 unspecified atom stereocenters. The molecule has 0 atom stereocenters. The Hall–Kier alpha value is -2.13. The van der Waals surface area contributed by atoms with Crippen molar-refractivity contribution in [1.29, 1.82) is 0 Å². The van der Waals surface area contributed by atoms with Crippen LogP contribution in [0.5, 0.6) is 0 Å². The Kier molecular flexibility index (Phi) is 4.53. The van der Waals surface area contributed by atoms with Gasteiger partial charge in [-0.3, -0.25) is 4.79 Å². The van der Waals surface area contributed by atoms with E-state index in [0.29, 0.717) is 18.0 Å². The third-order valence-electron chi connectivity index (χ3n) is 3.31. The second kappa shape index (κ2) is 6.35. The summed E-state index contributed by atoms with van der Waals surface area (Å²) in [6.45, 7) is 4.58. The van der Waals surface area contributed by atoms with Crippen molar-refractivity contribution in [3.05, 3.63) is 65.2 Å². The fourth-order valence-electron chi connectivity index (χ4n) is 2.22. The molecule has 3 nitrogen and oxygen atoms in total. The fraction of sp³-hybridized carbons (Fsp3) is 0.235. The second-order valence-electron chi connectivity index (χ2n) is 5.06. The zero-order chi connectivity index (χ0) is 14.5. The summed E-state index contributed by atoms with van der Waals surface area (Å²) in [6.07, 6.45) is 0. The minimum Gasteiger partial charge on any atom is -0.326 e. The van der Waals surface area contributed by atoms with Crippen LogP contribution >= 0.6 is 0 Å². The molecule has 0 heterocycles. The SMILES string of the molecule is CC(C)c1ccccc1NC(=O)c1ccccc1CN. The molecule has 0 aliphatic carbocycles. The Labute approximate surface area is 119 Å². The lowest BCUT2D eigenvalue weighted by Gasteiger charge is -2.14. The maximum Gasteiger partial charge on any atom is 0.255 e. The van der Waals surface area contributed by atoms with Gasteiger partial charge in [-0.15, -0.1) is 0 Å². The van der Waals surface area contributed by atoms with Crippen molar-refractivity contribution < 1.29 is 4.79 Å². The Morgan fingerprint density at radius 3 is 2.45 bits per heavy atom. The number of carbonyl (C=O) groups is 1. The van der Waals surface area contributed by atoms with E-state index in [1.54, 1.807) is 6.07 Å². The summed E-state index contributed by atoms with van der Waals surface area (Å²) in [6, 6.07) is 15.3. The van der Waals surface area contributed by atoms with Crippen LogP contribution in [0.1, 0.15) is 41.3 Å². The minimum absolute atomic E-state index is 0.112. The first-order valence-electron chi connectivity index (χ1n) is 6.81. The summed E-state index contributed by atoms with van der Waals surface area (Å²) < 4.78 is 0. The number of hydrogen-bond acceptors (Lipinski definition) is 2. The summed E-state index contributed by atoms with van der Waals surface area (Å²) in [4.78, 5) is 12.4. The maximum absolute atomic E-state index is 12.4. The average molecular weight is 268 g/mol. The summed E-state index contributed by atoms with van der Waals surface area (Å²) in [5.74, 6) is 0.246. The van der Waals surface area contributed by atoms with Gasteiger partial charge in [-0.25, -0.2) is 0 Å². The molecule has 2 aromatic carbocycles. The van der Waals surface area contributed by atoms with Gasteiger partial charge in [0.05, 0.1) is 0 Å². The number of hydrogen-bond donors (Lipinski definition) is 2. The van der Waals surface area contributed by atoms with Gasteiger partial charge in [-0.05, 0) is 29.2 Å². The highest BCUT2D eigenvalue weighted by Gasteiger charge is 2.13. The quantitative estimate of drug-likeness (QED) is 0.891. The van der Waals surface area contributed by atoms with E-state index < -0.39 is 0 Å². The van der Waals surface area contributed by atoms with Gasteiger partial charge in [0, 0.05) is 17.8 Å². The van der Waals surface area contributed by atoms with Crippen LogP contribution < -0.4 is 11.1 Å². The van der Waals surface area contributed by atoms with Crippen LogP contribution in [0.25, 0.3) is 0 Å². The first-order chi connectivity index (χ1) is 9.63. The molecule has 0 saturated heterocycles. The number of carbonyl (C=O) groups excluding carboxylic acids is 1. The van der Waals surface area contributed by atoms with E-state index in [2.05, 4.69) is 19.2 Å². The van der Waals surface area contributed by atoms with Crippen molar-refractivity contribution in [2.24, 2.45) is 5.73 Å². The van der Waals surface area contributed by atoms with Crippen molar-refractivity contribution in [2.45, 2.75) is 26.3 Å². The number of anilines is 1. The maximum atomic E-state index is 12.4. The minimum atomic E-state index is -0.112. The standard InChI is InChI=1S/C17H20N2O/c1-12(2)14-8-5-6-10-16(14)19-17(20)15-9-4-3-7-13(15)11-18/h3-10,12H,11,18H2,1-2H3,(H,19,20). The lowest BCUT2D eigenvalue weighted by atomic mass is 10.0. The highest BCUT2D eigenvalue weighted by Crippen LogP contribution is 2.24. The third-order valence-corrected chi connectivity index (χ3v) is 3.31. The van der Waals surface area contributed by atoms with Crippen LogP contribution in [0, 0.1) is 0 Å². The van der Waals surface area contributed by atoms with E-state index in [9.17, 15) is 4.79 Å². The smallest absolute Gasteiger partial charge is 0.255 e. The highest BCUT2D eigenvalue weighted by atomic mass is 16.1. The van der Waals surface area contributed by atoms with Gasteiger partial charge < -0.3 is 11.1 Å². The van der Waals surface area contributed by atoms with Gasteiger partial charge >= 0.3 is 0 Å². The molecule has 0 bridgehead atoms.